The van der Waals surface area contributed by atoms with E-state index in [4.69, 9.17) is 11.0 Å². The molecule has 0 aliphatic heterocycles. The Kier molecular flexibility index (Phi) is 1.94. The van der Waals surface area contributed by atoms with Gasteiger partial charge in [0.05, 0.1) is 11.6 Å². The smallest absolute Gasteiger partial charge is 0.0992 e. The van der Waals surface area contributed by atoms with Gasteiger partial charge in [-0.1, -0.05) is 6.42 Å². The molecule has 0 aromatic heterocycles. The molecule has 1 aliphatic rings. The maximum absolute atomic E-state index is 8.75. The third kappa shape index (κ3) is 1.50. The van der Waals surface area contributed by atoms with Crippen LogP contribution in [-0.2, 0) is 0 Å². The number of nitrogen functional groups attached to an aromatic ring is 1. The standard InChI is InChI=1S/C11H12N2/c12-7-8-4-10(6-11(13)5-8)9-2-1-3-9/h4-6,9H,1-3,13H2. The summed E-state index contributed by atoms with van der Waals surface area (Å²) in [4.78, 5) is 0. The van der Waals surface area contributed by atoms with Crippen molar-refractivity contribution < 1.29 is 0 Å². The van der Waals surface area contributed by atoms with E-state index in [2.05, 4.69) is 6.07 Å². The number of rotatable bonds is 1. The first-order chi connectivity index (χ1) is 6.29. The fraction of sp³-hybridized carbons (Fsp3) is 0.364. The van der Waals surface area contributed by atoms with E-state index in [0.717, 1.165) is 0 Å². The first-order valence-electron chi connectivity index (χ1n) is 4.60. The van der Waals surface area contributed by atoms with Crippen molar-refractivity contribution in [1.29, 1.82) is 5.26 Å². The van der Waals surface area contributed by atoms with Gasteiger partial charge in [0.2, 0.25) is 0 Å². The Labute approximate surface area is 78.0 Å². The van der Waals surface area contributed by atoms with Crippen molar-refractivity contribution in [3.05, 3.63) is 29.3 Å². The molecule has 2 N–H and O–H groups in total. The highest BCUT2D eigenvalue weighted by Crippen LogP contribution is 2.37. The minimum absolute atomic E-state index is 0.649. The molecule has 2 rings (SSSR count). The van der Waals surface area contributed by atoms with Crippen LogP contribution in [0, 0.1) is 11.3 Å². The van der Waals surface area contributed by atoms with Gasteiger partial charge in [0.1, 0.15) is 0 Å². The molecule has 0 bridgehead atoms. The highest BCUT2D eigenvalue weighted by Gasteiger charge is 2.19. The van der Waals surface area contributed by atoms with Crippen molar-refractivity contribution in [2.24, 2.45) is 0 Å². The van der Waals surface area contributed by atoms with E-state index in [9.17, 15) is 0 Å². The fourth-order valence-electron chi connectivity index (χ4n) is 1.72. The highest BCUT2D eigenvalue weighted by molar-refractivity contribution is 5.49. The number of nitrogens with two attached hydrogens (primary N) is 1. The molecule has 0 radical (unpaired) electrons. The summed E-state index contributed by atoms with van der Waals surface area (Å²) in [5.41, 5.74) is 8.33. The monoisotopic (exact) mass is 172 g/mol. The van der Waals surface area contributed by atoms with Crippen molar-refractivity contribution in [3.63, 3.8) is 0 Å². The Morgan fingerprint density at radius 3 is 2.62 bits per heavy atom. The Bertz CT molecular complexity index is 359. The van der Waals surface area contributed by atoms with Crippen LogP contribution in [0.2, 0.25) is 0 Å². The zero-order valence-electron chi connectivity index (χ0n) is 7.46. The van der Waals surface area contributed by atoms with E-state index in [-0.39, 0.29) is 0 Å². The number of anilines is 1. The molecule has 0 spiro atoms. The van der Waals surface area contributed by atoms with E-state index < -0.39 is 0 Å². The summed E-state index contributed by atoms with van der Waals surface area (Å²) in [5, 5.41) is 8.75. The van der Waals surface area contributed by atoms with Gasteiger partial charge in [-0.2, -0.15) is 5.26 Å². The van der Waals surface area contributed by atoms with Crippen molar-refractivity contribution >= 4 is 5.69 Å². The number of benzene rings is 1. The maximum atomic E-state index is 8.75. The van der Waals surface area contributed by atoms with Crippen molar-refractivity contribution in [3.8, 4) is 6.07 Å². The van der Waals surface area contributed by atoms with Crippen LogP contribution >= 0.6 is 0 Å². The minimum Gasteiger partial charge on any atom is -0.399 e. The lowest BCUT2D eigenvalue weighted by Gasteiger charge is -2.26. The second-order valence-corrected chi connectivity index (χ2v) is 3.63. The highest BCUT2D eigenvalue weighted by atomic mass is 14.5. The molecule has 0 unspecified atom stereocenters. The molecule has 0 atom stereocenters. The Hall–Kier alpha value is -1.49. The molecule has 0 amide bonds. The van der Waals surface area contributed by atoms with Gasteiger partial charge in [0, 0.05) is 5.69 Å². The predicted molar refractivity (Wildman–Crippen MR) is 52.2 cm³/mol. The van der Waals surface area contributed by atoms with Gasteiger partial charge < -0.3 is 5.73 Å². The molecular formula is C11H12N2. The second kappa shape index (κ2) is 3.10. The van der Waals surface area contributed by atoms with Crippen LogP contribution in [0.4, 0.5) is 5.69 Å². The average Bonchev–Trinajstić information content (AvgIpc) is 2.00. The zero-order chi connectivity index (χ0) is 9.26. The molecule has 1 saturated carbocycles. The van der Waals surface area contributed by atoms with Gasteiger partial charge in [-0.3, -0.25) is 0 Å². The number of hydrogen-bond acceptors (Lipinski definition) is 2. The maximum Gasteiger partial charge on any atom is 0.0992 e. The van der Waals surface area contributed by atoms with Gasteiger partial charge in [0.25, 0.3) is 0 Å². The summed E-state index contributed by atoms with van der Waals surface area (Å²) in [6, 6.07) is 7.80. The quantitative estimate of drug-likeness (QED) is 0.661. The van der Waals surface area contributed by atoms with Crippen LogP contribution < -0.4 is 5.73 Å². The molecule has 2 heteroatoms. The van der Waals surface area contributed by atoms with E-state index in [1.807, 2.05) is 12.1 Å². The van der Waals surface area contributed by atoms with E-state index in [1.165, 1.54) is 24.8 Å². The third-order valence-electron chi connectivity index (χ3n) is 2.68. The third-order valence-corrected chi connectivity index (χ3v) is 2.68. The predicted octanol–water partition coefficient (Wildman–Crippen LogP) is 2.41. The first kappa shape index (κ1) is 8.12. The number of hydrogen-bond donors (Lipinski definition) is 1. The van der Waals surface area contributed by atoms with Gasteiger partial charge in [-0.05, 0) is 42.5 Å². The SMILES string of the molecule is N#Cc1cc(N)cc(C2CCC2)c1. The molecule has 2 nitrogen and oxygen atoms in total. The van der Waals surface area contributed by atoms with Crippen molar-refractivity contribution in [2.75, 3.05) is 5.73 Å². The van der Waals surface area contributed by atoms with Gasteiger partial charge in [0.15, 0.2) is 0 Å². The molecule has 1 aromatic carbocycles. The lowest BCUT2D eigenvalue weighted by molar-refractivity contribution is 0.420. The van der Waals surface area contributed by atoms with Crippen LogP contribution in [0.1, 0.15) is 36.3 Å². The number of nitriles is 1. The Morgan fingerprint density at radius 1 is 1.31 bits per heavy atom. The van der Waals surface area contributed by atoms with Crippen molar-refractivity contribution in [2.45, 2.75) is 25.2 Å². The summed E-state index contributed by atoms with van der Waals surface area (Å²) in [6.45, 7) is 0. The van der Waals surface area contributed by atoms with Crippen LogP contribution in [0.15, 0.2) is 18.2 Å². The van der Waals surface area contributed by atoms with Crippen molar-refractivity contribution in [1.82, 2.24) is 0 Å². The van der Waals surface area contributed by atoms with Gasteiger partial charge in [-0.15, -0.1) is 0 Å². The molecule has 1 fully saturated rings. The lowest BCUT2D eigenvalue weighted by Crippen LogP contribution is -2.09. The van der Waals surface area contributed by atoms with Crippen LogP contribution in [0.25, 0.3) is 0 Å². The number of nitrogens with zero attached hydrogens (tertiary/aromatic N) is 1. The summed E-state index contributed by atoms with van der Waals surface area (Å²) < 4.78 is 0. The normalized spacial score (nSPS) is 16.2. The summed E-state index contributed by atoms with van der Waals surface area (Å²) in [5.74, 6) is 0.649. The lowest BCUT2D eigenvalue weighted by atomic mass is 9.79. The van der Waals surface area contributed by atoms with E-state index in [1.54, 1.807) is 6.07 Å². The topological polar surface area (TPSA) is 49.8 Å². The van der Waals surface area contributed by atoms with Crippen LogP contribution in [0.5, 0.6) is 0 Å². The average molecular weight is 172 g/mol. The molecule has 0 saturated heterocycles. The largest absolute Gasteiger partial charge is 0.399 e. The first-order valence-corrected chi connectivity index (χ1v) is 4.60. The Morgan fingerprint density at radius 2 is 2.08 bits per heavy atom. The molecular weight excluding hydrogens is 160 g/mol. The zero-order valence-corrected chi connectivity index (χ0v) is 7.46. The summed E-state index contributed by atoms with van der Waals surface area (Å²) >= 11 is 0. The minimum atomic E-state index is 0.649. The summed E-state index contributed by atoms with van der Waals surface area (Å²) in [7, 11) is 0. The molecule has 66 valence electrons. The van der Waals surface area contributed by atoms with Crippen LogP contribution in [-0.4, -0.2) is 0 Å². The second-order valence-electron chi connectivity index (χ2n) is 3.63. The molecule has 1 aliphatic carbocycles. The van der Waals surface area contributed by atoms with Crippen LogP contribution in [0.3, 0.4) is 0 Å². The fourth-order valence-corrected chi connectivity index (χ4v) is 1.72. The van der Waals surface area contributed by atoms with E-state index >= 15 is 0 Å². The van der Waals surface area contributed by atoms with Gasteiger partial charge >= 0.3 is 0 Å². The van der Waals surface area contributed by atoms with E-state index in [0.29, 0.717) is 17.2 Å². The summed E-state index contributed by atoms with van der Waals surface area (Å²) in [6.07, 6.45) is 3.80. The molecule has 13 heavy (non-hydrogen) atoms. The Balaban J connectivity index is 2.35. The van der Waals surface area contributed by atoms with Gasteiger partial charge in [-0.25, -0.2) is 0 Å². The molecule has 0 heterocycles. The molecule has 1 aromatic rings.